The van der Waals surface area contributed by atoms with Crippen LogP contribution in [0.1, 0.15) is 41.5 Å². The molecule has 0 unspecified atom stereocenters. The van der Waals surface area contributed by atoms with Crippen molar-refractivity contribution >= 4 is 5.97 Å². The molecule has 1 aromatic carbocycles. The molecular weight excluding hydrogens is 249 g/mol. The number of rotatable bonds is 4. The third-order valence-electron chi connectivity index (χ3n) is 2.74. The van der Waals surface area contributed by atoms with Crippen LogP contribution in [0.5, 0.6) is 0 Å². The number of carbonyl (C=O) groups is 1. The van der Waals surface area contributed by atoms with E-state index in [1.165, 1.54) is 16.8 Å². The zero-order valence-corrected chi connectivity index (χ0v) is 10.7. The minimum atomic E-state index is -1.10. The molecule has 0 saturated carbocycles. The number of nitrogens with zero attached hydrogens (tertiary/aromatic N) is 3. The number of carboxylic acids is 1. The van der Waals surface area contributed by atoms with Gasteiger partial charge in [0.05, 0.1) is 12.2 Å². The van der Waals surface area contributed by atoms with Crippen LogP contribution >= 0.6 is 0 Å². The average Bonchev–Trinajstić information content (AvgIpc) is 2.73. The van der Waals surface area contributed by atoms with E-state index in [4.69, 9.17) is 5.11 Å². The first kappa shape index (κ1) is 13.2. The number of carboxylic acid groups (broad SMARTS) is 1. The fourth-order valence-corrected chi connectivity index (χ4v) is 1.97. The molecule has 1 N–H and O–H groups in total. The van der Waals surface area contributed by atoms with Crippen LogP contribution in [0.2, 0.25) is 0 Å². The first-order valence-corrected chi connectivity index (χ1v) is 5.90. The van der Waals surface area contributed by atoms with E-state index < -0.39 is 5.97 Å². The van der Waals surface area contributed by atoms with Crippen molar-refractivity contribution in [3.63, 3.8) is 0 Å². The van der Waals surface area contributed by atoms with Crippen LogP contribution in [0.4, 0.5) is 4.39 Å². The second-order valence-electron chi connectivity index (χ2n) is 4.57. The number of hydrogen-bond donors (Lipinski definition) is 1. The molecule has 0 saturated heterocycles. The summed E-state index contributed by atoms with van der Waals surface area (Å²) in [5.74, 6) is -1.47. The molecule has 5 nitrogen and oxygen atoms in total. The summed E-state index contributed by atoms with van der Waals surface area (Å²) >= 11 is 0. The number of aromatic carboxylic acids is 1. The Morgan fingerprint density at radius 2 is 2.21 bits per heavy atom. The highest BCUT2D eigenvalue weighted by atomic mass is 19.1. The summed E-state index contributed by atoms with van der Waals surface area (Å²) < 4.78 is 14.6. The minimum Gasteiger partial charge on any atom is -0.476 e. The van der Waals surface area contributed by atoms with Crippen molar-refractivity contribution < 1.29 is 14.3 Å². The minimum absolute atomic E-state index is 0.0327. The molecular formula is C13H14FN3O2. The Morgan fingerprint density at radius 1 is 1.47 bits per heavy atom. The summed E-state index contributed by atoms with van der Waals surface area (Å²) in [6, 6.07) is 6.12. The zero-order valence-electron chi connectivity index (χ0n) is 10.7. The maximum absolute atomic E-state index is 13.1. The van der Waals surface area contributed by atoms with Crippen molar-refractivity contribution in [3.05, 3.63) is 47.0 Å². The lowest BCUT2D eigenvalue weighted by Gasteiger charge is -2.10. The van der Waals surface area contributed by atoms with E-state index in [1.54, 1.807) is 12.1 Å². The lowest BCUT2D eigenvalue weighted by Crippen LogP contribution is -2.11. The predicted octanol–water partition coefficient (Wildman–Crippen LogP) is 2.29. The molecule has 0 aliphatic carbocycles. The van der Waals surface area contributed by atoms with Gasteiger partial charge in [-0.3, -0.25) is 0 Å². The molecule has 0 aliphatic rings. The van der Waals surface area contributed by atoms with E-state index in [-0.39, 0.29) is 17.4 Å². The Morgan fingerprint density at radius 3 is 2.79 bits per heavy atom. The van der Waals surface area contributed by atoms with Gasteiger partial charge in [-0.1, -0.05) is 31.2 Å². The topological polar surface area (TPSA) is 68.0 Å². The average molecular weight is 263 g/mol. The second kappa shape index (κ2) is 5.17. The third kappa shape index (κ3) is 2.78. The Bertz CT molecular complexity index is 608. The first-order valence-electron chi connectivity index (χ1n) is 5.90. The molecule has 0 amide bonds. The Hall–Kier alpha value is -2.24. The van der Waals surface area contributed by atoms with E-state index in [0.717, 1.165) is 0 Å². The van der Waals surface area contributed by atoms with Crippen LogP contribution in [-0.2, 0) is 6.54 Å². The van der Waals surface area contributed by atoms with E-state index in [2.05, 4.69) is 10.3 Å². The summed E-state index contributed by atoms with van der Waals surface area (Å²) in [6.07, 6.45) is 0. The van der Waals surface area contributed by atoms with Gasteiger partial charge in [-0.25, -0.2) is 13.9 Å². The molecule has 0 bridgehead atoms. The first-order chi connectivity index (χ1) is 8.99. The van der Waals surface area contributed by atoms with Crippen LogP contribution in [0.3, 0.4) is 0 Å². The van der Waals surface area contributed by atoms with Crippen LogP contribution in [0, 0.1) is 5.82 Å². The molecule has 2 rings (SSSR count). The molecule has 0 atom stereocenters. The van der Waals surface area contributed by atoms with E-state index >= 15 is 0 Å². The summed E-state index contributed by atoms with van der Waals surface area (Å²) in [5.41, 5.74) is 1.20. The molecule has 0 fully saturated rings. The summed E-state index contributed by atoms with van der Waals surface area (Å²) in [6.45, 7) is 4.03. The highest BCUT2D eigenvalue weighted by Gasteiger charge is 2.21. The van der Waals surface area contributed by atoms with Gasteiger partial charge in [-0.05, 0) is 23.6 Å². The number of hydrogen-bond acceptors (Lipinski definition) is 3. The van der Waals surface area contributed by atoms with Crippen LogP contribution in [0.25, 0.3) is 0 Å². The Kier molecular flexibility index (Phi) is 3.59. The van der Waals surface area contributed by atoms with Crippen molar-refractivity contribution in [1.82, 2.24) is 15.0 Å². The Labute approximate surface area is 109 Å². The van der Waals surface area contributed by atoms with Gasteiger partial charge >= 0.3 is 5.97 Å². The van der Waals surface area contributed by atoms with E-state index in [0.29, 0.717) is 17.8 Å². The van der Waals surface area contributed by atoms with Gasteiger partial charge in [0, 0.05) is 0 Å². The monoisotopic (exact) mass is 263 g/mol. The summed E-state index contributed by atoms with van der Waals surface area (Å²) in [4.78, 5) is 11.1. The lowest BCUT2D eigenvalue weighted by molar-refractivity contribution is 0.0688. The highest BCUT2D eigenvalue weighted by molar-refractivity contribution is 5.86. The normalized spacial score (nSPS) is 10.9. The lowest BCUT2D eigenvalue weighted by atomic mass is 10.1. The van der Waals surface area contributed by atoms with Crippen molar-refractivity contribution in [2.45, 2.75) is 26.3 Å². The fourth-order valence-electron chi connectivity index (χ4n) is 1.97. The maximum atomic E-state index is 13.1. The molecule has 0 radical (unpaired) electrons. The quantitative estimate of drug-likeness (QED) is 0.918. The largest absolute Gasteiger partial charge is 0.476 e. The van der Waals surface area contributed by atoms with Crippen molar-refractivity contribution in [1.29, 1.82) is 0 Å². The predicted molar refractivity (Wildman–Crippen MR) is 66.6 cm³/mol. The number of halogens is 1. The zero-order chi connectivity index (χ0) is 14.0. The van der Waals surface area contributed by atoms with Gasteiger partial charge in [-0.2, -0.15) is 0 Å². The van der Waals surface area contributed by atoms with Gasteiger partial charge in [0.1, 0.15) is 5.82 Å². The third-order valence-corrected chi connectivity index (χ3v) is 2.74. The molecule has 6 heteroatoms. The van der Waals surface area contributed by atoms with Gasteiger partial charge in [0.25, 0.3) is 0 Å². The SMILES string of the molecule is CC(C)c1c(C(=O)O)nnn1Cc1cccc(F)c1. The highest BCUT2D eigenvalue weighted by Crippen LogP contribution is 2.19. The van der Waals surface area contributed by atoms with E-state index in [1.807, 2.05) is 13.8 Å². The van der Waals surface area contributed by atoms with Crippen molar-refractivity contribution in [2.75, 3.05) is 0 Å². The summed E-state index contributed by atoms with van der Waals surface area (Å²) in [5, 5.41) is 16.6. The van der Waals surface area contributed by atoms with Gasteiger partial charge in [-0.15, -0.1) is 5.10 Å². The smallest absolute Gasteiger partial charge is 0.358 e. The number of aromatic nitrogens is 3. The second-order valence-corrected chi connectivity index (χ2v) is 4.57. The standard InChI is InChI=1S/C13H14FN3O2/c1-8(2)12-11(13(18)19)15-16-17(12)7-9-4-3-5-10(14)6-9/h3-6,8H,7H2,1-2H3,(H,18,19). The number of benzene rings is 1. The van der Waals surface area contributed by atoms with E-state index in [9.17, 15) is 9.18 Å². The molecule has 1 aromatic heterocycles. The molecule has 0 spiro atoms. The summed E-state index contributed by atoms with van der Waals surface area (Å²) in [7, 11) is 0. The van der Waals surface area contributed by atoms with Crippen molar-refractivity contribution in [2.24, 2.45) is 0 Å². The van der Waals surface area contributed by atoms with Crippen molar-refractivity contribution in [3.8, 4) is 0 Å². The maximum Gasteiger partial charge on any atom is 0.358 e. The Balaban J connectivity index is 2.38. The van der Waals surface area contributed by atoms with Gasteiger partial charge in [0.2, 0.25) is 0 Å². The fraction of sp³-hybridized carbons (Fsp3) is 0.308. The molecule has 19 heavy (non-hydrogen) atoms. The molecule has 0 aliphatic heterocycles. The van der Waals surface area contributed by atoms with Crippen LogP contribution in [0.15, 0.2) is 24.3 Å². The molecule has 100 valence electrons. The van der Waals surface area contributed by atoms with Gasteiger partial charge < -0.3 is 5.11 Å². The van der Waals surface area contributed by atoms with Gasteiger partial charge in [0.15, 0.2) is 5.69 Å². The molecule has 2 aromatic rings. The molecule has 1 heterocycles. The van der Waals surface area contributed by atoms with Crippen LogP contribution in [-0.4, -0.2) is 26.1 Å². The van der Waals surface area contributed by atoms with Crippen LogP contribution < -0.4 is 0 Å².